The van der Waals surface area contributed by atoms with Crippen LogP contribution >= 0.6 is 11.8 Å². The lowest BCUT2D eigenvalue weighted by molar-refractivity contribution is 0.0758. The molecule has 0 radical (unpaired) electrons. The van der Waals surface area contributed by atoms with Gasteiger partial charge < -0.3 is 9.80 Å². The lowest BCUT2D eigenvalue weighted by atomic mass is 10.2. The number of hydrogen-bond donors (Lipinski definition) is 0. The van der Waals surface area contributed by atoms with Crippen molar-refractivity contribution >= 4 is 17.7 Å². The fourth-order valence-electron chi connectivity index (χ4n) is 2.66. The summed E-state index contributed by atoms with van der Waals surface area (Å²) in [5.74, 6) is 0.191. The van der Waals surface area contributed by atoms with Gasteiger partial charge in [-0.3, -0.25) is 4.79 Å². The SMILES string of the molecule is CCN1CCCN(C(=O)c2ccccc2SC(C)C)CC1. The largest absolute Gasteiger partial charge is 0.337 e. The topological polar surface area (TPSA) is 23.6 Å². The Labute approximate surface area is 132 Å². The molecule has 0 aliphatic carbocycles. The summed E-state index contributed by atoms with van der Waals surface area (Å²) in [5.41, 5.74) is 0.862. The van der Waals surface area contributed by atoms with Crippen molar-refractivity contribution in [2.75, 3.05) is 32.7 Å². The van der Waals surface area contributed by atoms with Crippen LogP contribution in [0, 0.1) is 0 Å². The Hall–Kier alpha value is -1.00. The minimum Gasteiger partial charge on any atom is -0.337 e. The van der Waals surface area contributed by atoms with Gasteiger partial charge in [0.25, 0.3) is 5.91 Å². The Bertz CT molecular complexity index is 476. The maximum Gasteiger partial charge on any atom is 0.255 e. The van der Waals surface area contributed by atoms with Crippen molar-refractivity contribution in [2.24, 2.45) is 0 Å². The average Bonchev–Trinajstić information content (AvgIpc) is 2.72. The molecule has 1 aliphatic rings. The van der Waals surface area contributed by atoms with E-state index < -0.39 is 0 Å². The Morgan fingerprint density at radius 1 is 1.19 bits per heavy atom. The zero-order valence-corrected chi connectivity index (χ0v) is 14.2. The maximum atomic E-state index is 12.8. The predicted octanol–water partition coefficient (Wildman–Crippen LogP) is 3.35. The number of likely N-dealkylation sites (N-methyl/N-ethyl adjacent to an activating group) is 1. The van der Waals surface area contributed by atoms with Crippen LogP contribution in [0.2, 0.25) is 0 Å². The fourth-order valence-corrected chi connectivity index (χ4v) is 3.61. The van der Waals surface area contributed by atoms with E-state index in [0.29, 0.717) is 5.25 Å². The molecule has 0 N–H and O–H groups in total. The van der Waals surface area contributed by atoms with Crippen LogP contribution in [0.25, 0.3) is 0 Å². The molecule has 0 unspecified atom stereocenters. The number of carbonyl (C=O) groups excluding carboxylic acids is 1. The van der Waals surface area contributed by atoms with E-state index in [9.17, 15) is 4.79 Å². The van der Waals surface area contributed by atoms with Crippen LogP contribution < -0.4 is 0 Å². The van der Waals surface area contributed by atoms with Crippen LogP contribution in [-0.4, -0.2) is 53.7 Å². The van der Waals surface area contributed by atoms with Crippen molar-refractivity contribution < 1.29 is 4.79 Å². The van der Waals surface area contributed by atoms with Gasteiger partial charge in [-0.1, -0.05) is 32.9 Å². The highest BCUT2D eigenvalue weighted by atomic mass is 32.2. The minimum atomic E-state index is 0.191. The predicted molar refractivity (Wildman–Crippen MR) is 90.1 cm³/mol. The number of hydrogen-bond acceptors (Lipinski definition) is 3. The fraction of sp³-hybridized carbons (Fsp3) is 0.588. The van der Waals surface area contributed by atoms with Crippen LogP contribution in [0.3, 0.4) is 0 Å². The summed E-state index contributed by atoms with van der Waals surface area (Å²) in [4.78, 5) is 18.4. The van der Waals surface area contributed by atoms with Crippen molar-refractivity contribution in [2.45, 2.75) is 37.3 Å². The molecule has 2 rings (SSSR count). The summed E-state index contributed by atoms with van der Waals surface area (Å²) in [6.07, 6.45) is 1.07. The van der Waals surface area contributed by atoms with Crippen molar-refractivity contribution in [3.05, 3.63) is 29.8 Å². The summed E-state index contributed by atoms with van der Waals surface area (Å²) in [5, 5.41) is 0.485. The molecule has 0 saturated carbocycles. The second-order valence-electron chi connectivity index (χ2n) is 5.74. The molecule has 0 atom stereocenters. The second-order valence-corrected chi connectivity index (χ2v) is 7.36. The number of rotatable bonds is 4. The van der Waals surface area contributed by atoms with E-state index in [1.165, 1.54) is 0 Å². The van der Waals surface area contributed by atoms with Gasteiger partial charge in [0.2, 0.25) is 0 Å². The summed E-state index contributed by atoms with van der Waals surface area (Å²) in [6, 6.07) is 8.01. The van der Waals surface area contributed by atoms with Gasteiger partial charge in [0.1, 0.15) is 0 Å². The van der Waals surface area contributed by atoms with Gasteiger partial charge in [0.05, 0.1) is 5.56 Å². The third kappa shape index (κ3) is 4.48. The lowest BCUT2D eigenvalue weighted by Gasteiger charge is -2.22. The molecule has 0 bridgehead atoms. The standard InChI is InChI=1S/C17H26N2OS/c1-4-18-10-7-11-19(13-12-18)17(20)15-8-5-6-9-16(15)21-14(2)3/h5-6,8-9,14H,4,7,10-13H2,1-3H3. The van der Waals surface area contributed by atoms with Crippen molar-refractivity contribution in [3.8, 4) is 0 Å². The zero-order valence-electron chi connectivity index (χ0n) is 13.3. The van der Waals surface area contributed by atoms with Gasteiger partial charge in [0.15, 0.2) is 0 Å². The van der Waals surface area contributed by atoms with E-state index in [-0.39, 0.29) is 5.91 Å². The van der Waals surface area contributed by atoms with E-state index in [1.807, 2.05) is 23.1 Å². The molecule has 1 saturated heterocycles. The quantitative estimate of drug-likeness (QED) is 0.797. The highest BCUT2D eigenvalue weighted by molar-refractivity contribution is 8.00. The summed E-state index contributed by atoms with van der Waals surface area (Å²) < 4.78 is 0. The molecular formula is C17H26N2OS. The monoisotopic (exact) mass is 306 g/mol. The summed E-state index contributed by atoms with van der Waals surface area (Å²) in [6.45, 7) is 11.4. The number of benzene rings is 1. The molecule has 3 nitrogen and oxygen atoms in total. The number of carbonyl (C=O) groups is 1. The number of thioether (sulfide) groups is 1. The van der Waals surface area contributed by atoms with Crippen molar-refractivity contribution in [3.63, 3.8) is 0 Å². The normalized spacial score (nSPS) is 17.0. The Balaban J connectivity index is 2.12. The molecule has 4 heteroatoms. The third-order valence-corrected chi connectivity index (χ3v) is 4.88. The minimum absolute atomic E-state index is 0.191. The smallest absolute Gasteiger partial charge is 0.255 e. The van der Waals surface area contributed by atoms with Crippen LogP contribution in [0.5, 0.6) is 0 Å². The molecule has 1 aromatic carbocycles. The second kappa shape index (κ2) is 7.85. The molecule has 1 aliphatic heterocycles. The Kier molecular flexibility index (Phi) is 6.12. The molecule has 21 heavy (non-hydrogen) atoms. The van der Waals surface area contributed by atoms with Crippen LogP contribution in [-0.2, 0) is 0 Å². The first-order chi connectivity index (χ1) is 10.1. The van der Waals surface area contributed by atoms with Crippen LogP contribution in [0.15, 0.2) is 29.2 Å². The van der Waals surface area contributed by atoms with E-state index >= 15 is 0 Å². The Morgan fingerprint density at radius 2 is 1.95 bits per heavy atom. The highest BCUT2D eigenvalue weighted by Gasteiger charge is 2.21. The zero-order chi connectivity index (χ0) is 15.2. The molecule has 0 aromatic heterocycles. The summed E-state index contributed by atoms with van der Waals surface area (Å²) >= 11 is 1.77. The average molecular weight is 306 g/mol. The van der Waals surface area contributed by atoms with Crippen molar-refractivity contribution in [1.82, 2.24) is 9.80 Å². The molecule has 116 valence electrons. The van der Waals surface area contributed by atoms with Gasteiger partial charge >= 0.3 is 0 Å². The third-order valence-electron chi connectivity index (χ3n) is 3.80. The highest BCUT2D eigenvalue weighted by Crippen LogP contribution is 2.27. The van der Waals surface area contributed by atoms with Gasteiger partial charge in [-0.05, 0) is 31.6 Å². The summed E-state index contributed by atoms with van der Waals surface area (Å²) in [7, 11) is 0. The van der Waals surface area contributed by atoms with Gasteiger partial charge in [-0.2, -0.15) is 0 Å². The number of nitrogens with zero attached hydrogens (tertiary/aromatic N) is 2. The Morgan fingerprint density at radius 3 is 2.67 bits per heavy atom. The molecular weight excluding hydrogens is 280 g/mol. The van der Waals surface area contributed by atoms with Gasteiger partial charge in [-0.25, -0.2) is 0 Å². The van der Waals surface area contributed by atoms with E-state index in [4.69, 9.17) is 0 Å². The molecule has 1 amide bonds. The molecule has 1 fully saturated rings. The first-order valence-corrected chi connectivity index (χ1v) is 8.77. The van der Waals surface area contributed by atoms with Gasteiger partial charge in [0, 0.05) is 29.8 Å². The van der Waals surface area contributed by atoms with Crippen LogP contribution in [0.4, 0.5) is 0 Å². The molecule has 0 spiro atoms. The molecule has 1 aromatic rings. The first-order valence-electron chi connectivity index (χ1n) is 7.89. The van der Waals surface area contributed by atoms with E-state index in [1.54, 1.807) is 11.8 Å². The first kappa shape index (κ1) is 16.4. The van der Waals surface area contributed by atoms with E-state index in [2.05, 4.69) is 31.7 Å². The molecule has 1 heterocycles. The maximum absolute atomic E-state index is 12.8. The van der Waals surface area contributed by atoms with Crippen LogP contribution in [0.1, 0.15) is 37.6 Å². The van der Waals surface area contributed by atoms with Gasteiger partial charge in [-0.15, -0.1) is 11.8 Å². The number of amides is 1. The van der Waals surface area contributed by atoms with Crippen molar-refractivity contribution in [1.29, 1.82) is 0 Å². The lowest BCUT2D eigenvalue weighted by Crippen LogP contribution is -2.35. The van der Waals surface area contributed by atoms with E-state index in [0.717, 1.165) is 49.6 Å².